The second kappa shape index (κ2) is 4.72. The minimum absolute atomic E-state index is 0.203. The molecular weight excluding hydrogens is 168 g/mol. The number of hydrogen-bond acceptors (Lipinski definition) is 3. The molecule has 0 saturated carbocycles. The Morgan fingerprint density at radius 3 is 2.69 bits per heavy atom. The molecule has 3 nitrogen and oxygen atoms in total. The average molecular weight is 182 g/mol. The molecule has 1 aromatic carbocycles. The lowest BCUT2D eigenvalue weighted by atomic mass is 10.2. The summed E-state index contributed by atoms with van der Waals surface area (Å²) in [5.74, 6) is 0.851. The van der Waals surface area contributed by atoms with E-state index in [0.717, 1.165) is 5.56 Å². The molecule has 0 radical (unpaired) electrons. The van der Waals surface area contributed by atoms with Crippen molar-refractivity contribution in [3.8, 4) is 11.5 Å². The van der Waals surface area contributed by atoms with Crippen LogP contribution in [0.4, 0.5) is 0 Å². The Hall–Kier alpha value is -1.22. The van der Waals surface area contributed by atoms with Gasteiger partial charge >= 0.3 is 0 Å². The van der Waals surface area contributed by atoms with E-state index in [1.165, 1.54) is 0 Å². The highest BCUT2D eigenvalue weighted by molar-refractivity contribution is 5.37. The quantitative estimate of drug-likeness (QED) is 0.773. The molecule has 0 aliphatic carbocycles. The van der Waals surface area contributed by atoms with Crippen LogP contribution in [-0.4, -0.2) is 18.8 Å². The third-order valence-electron chi connectivity index (χ3n) is 1.66. The van der Waals surface area contributed by atoms with Crippen LogP contribution in [0.2, 0.25) is 0 Å². The summed E-state index contributed by atoms with van der Waals surface area (Å²) in [5.41, 5.74) is 0.915. The second-order valence-corrected chi connectivity index (χ2v) is 2.68. The summed E-state index contributed by atoms with van der Waals surface area (Å²) in [5, 5.41) is 9.29. The Kier molecular flexibility index (Phi) is 3.58. The van der Waals surface area contributed by atoms with Gasteiger partial charge in [0.2, 0.25) is 0 Å². The Balaban J connectivity index is 2.76. The smallest absolute Gasteiger partial charge is 0.122 e. The maximum Gasteiger partial charge on any atom is 0.122 e. The summed E-state index contributed by atoms with van der Waals surface area (Å²) in [6.07, 6.45) is 0. The van der Waals surface area contributed by atoms with Crippen LogP contribution in [0.3, 0.4) is 0 Å². The van der Waals surface area contributed by atoms with Crippen molar-refractivity contribution >= 4 is 0 Å². The lowest BCUT2D eigenvalue weighted by Crippen LogP contribution is -1.92. The van der Waals surface area contributed by atoms with Crippen LogP contribution in [0.5, 0.6) is 11.5 Å². The van der Waals surface area contributed by atoms with Crippen molar-refractivity contribution in [1.29, 1.82) is 0 Å². The molecule has 72 valence electrons. The van der Waals surface area contributed by atoms with Crippen molar-refractivity contribution in [2.75, 3.05) is 13.7 Å². The summed E-state index contributed by atoms with van der Waals surface area (Å²) >= 11 is 0. The van der Waals surface area contributed by atoms with Crippen molar-refractivity contribution in [3.63, 3.8) is 0 Å². The topological polar surface area (TPSA) is 38.7 Å². The van der Waals surface area contributed by atoms with Crippen LogP contribution in [0.25, 0.3) is 0 Å². The van der Waals surface area contributed by atoms with Gasteiger partial charge in [-0.2, -0.15) is 0 Å². The highest BCUT2D eigenvalue weighted by Gasteiger charge is 1.99. The molecule has 0 fully saturated rings. The van der Waals surface area contributed by atoms with Gasteiger partial charge < -0.3 is 14.6 Å². The van der Waals surface area contributed by atoms with Crippen molar-refractivity contribution < 1.29 is 14.6 Å². The van der Waals surface area contributed by atoms with E-state index in [9.17, 15) is 5.11 Å². The van der Waals surface area contributed by atoms with Crippen molar-refractivity contribution in [3.05, 3.63) is 23.8 Å². The fourth-order valence-electron chi connectivity index (χ4n) is 1.06. The summed E-state index contributed by atoms with van der Waals surface area (Å²) in [7, 11) is 1.57. The minimum Gasteiger partial charge on any atom is -0.508 e. The van der Waals surface area contributed by atoms with E-state index in [1.807, 2.05) is 13.0 Å². The summed E-state index contributed by atoms with van der Waals surface area (Å²) < 4.78 is 10.2. The predicted octanol–water partition coefficient (Wildman–Crippen LogP) is 1.94. The van der Waals surface area contributed by atoms with Crippen LogP contribution in [0, 0.1) is 0 Å². The molecule has 0 atom stereocenters. The number of rotatable bonds is 4. The first-order valence-corrected chi connectivity index (χ1v) is 4.21. The first kappa shape index (κ1) is 9.86. The van der Waals surface area contributed by atoms with Gasteiger partial charge in [0.15, 0.2) is 0 Å². The average Bonchev–Trinajstić information content (AvgIpc) is 2.14. The Bertz CT molecular complexity index is 271. The summed E-state index contributed by atoms with van der Waals surface area (Å²) in [6.45, 7) is 3.10. The van der Waals surface area contributed by atoms with E-state index in [2.05, 4.69) is 0 Å². The second-order valence-electron chi connectivity index (χ2n) is 2.68. The molecule has 0 amide bonds. The Morgan fingerprint density at radius 1 is 1.31 bits per heavy atom. The third-order valence-corrected chi connectivity index (χ3v) is 1.66. The van der Waals surface area contributed by atoms with Gasteiger partial charge in [0.05, 0.1) is 13.7 Å². The van der Waals surface area contributed by atoms with Crippen LogP contribution in [0.1, 0.15) is 12.5 Å². The lowest BCUT2D eigenvalue weighted by molar-refractivity contribution is 0.133. The fraction of sp³-hybridized carbons (Fsp3) is 0.400. The Morgan fingerprint density at radius 2 is 2.08 bits per heavy atom. The number of phenolic OH excluding ortho intramolecular Hbond substituents is 1. The molecule has 0 bridgehead atoms. The molecular formula is C10H14O3. The highest BCUT2D eigenvalue weighted by Crippen LogP contribution is 2.21. The lowest BCUT2D eigenvalue weighted by Gasteiger charge is -2.05. The predicted molar refractivity (Wildman–Crippen MR) is 50.0 cm³/mol. The van der Waals surface area contributed by atoms with E-state index >= 15 is 0 Å². The van der Waals surface area contributed by atoms with Crippen LogP contribution < -0.4 is 4.74 Å². The van der Waals surface area contributed by atoms with E-state index < -0.39 is 0 Å². The van der Waals surface area contributed by atoms with Crippen LogP contribution in [-0.2, 0) is 11.3 Å². The van der Waals surface area contributed by atoms with Gasteiger partial charge in [-0.1, -0.05) is 0 Å². The summed E-state index contributed by atoms with van der Waals surface area (Å²) in [4.78, 5) is 0. The molecule has 3 heteroatoms. The van der Waals surface area contributed by atoms with Crippen LogP contribution >= 0.6 is 0 Å². The zero-order chi connectivity index (χ0) is 9.68. The monoisotopic (exact) mass is 182 g/mol. The molecule has 0 heterocycles. The Labute approximate surface area is 77.9 Å². The molecule has 0 aromatic heterocycles. The van der Waals surface area contributed by atoms with Gasteiger partial charge in [0.25, 0.3) is 0 Å². The maximum atomic E-state index is 9.29. The molecule has 1 aromatic rings. The van der Waals surface area contributed by atoms with Gasteiger partial charge in [-0.25, -0.2) is 0 Å². The van der Waals surface area contributed by atoms with Gasteiger partial charge in [-0.3, -0.25) is 0 Å². The fourth-order valence-corrected chi connectivity index (χ4v) is 1.06. The molecule has 0 spiro atoms. The third kappa shape index (κ3) is 2.95. The normalized spacial score (nSPS) is 10.0. The number of hydrogen-bond donors (Lipinski definition) is 1. The number of aromatic hydroxyl groups is 1. The molecule has 0 aliphatic rings. The largest absolute Gasteiger partial charge is 0.508 e. The van der Waals surface area contributed by atoms with E-state index in [1.54, 1.807) is 19.2 Å². The van der Waals surface area contributed by atoms with Crippen molar-refractivity contribution in [1.82, 2.24) is 0 Å². The van der Waals surface area contributed by atoms with E-state index in [-0.39, 0.29) is 5.75 Å². The zero-order valence-corrected chi connectivity index (χ0v) is 7.91. The SMILES string of the molecule is CCOCc1cc(O)cc(OC)c1. The number of ether oxygens (including phenoxy) is 2. The molecule has 1 rings (SSSR count). The molecule has 13 heavy (non-hydrogen) atoms. The van der Waals surface area contributed by atoms with Crippen molar-refractivity contribution in [2.24, 2.45) is 0 Å². The number of benzene rings is 1. The van der Waals surface area contributed by atoms with Gasteiger partial charge in [0, 0.05) is 12.7 Å². The molecule has 0 unspecified atom stereocenters. The van der Waals surface area contributed by atoms with Crippen LogP contribution in [0.15, 0.2) is 18.2 Å². The molecule has 0 aliphatic heterocycles. The zero-order valence-electron chi connectivity index (χ0n) is 7.91. The number of phenols is 1. The summed E-state index contributed by atoms with van der Waals surface area (Å²) in [6, 6.07) is 5.07. The van der Waals surface area contributed by atoms with Gasteiger partial charge in [0.1, 0.15) is 11.5 Å². The number of methoxy groups -OCH3 is 1. The highest BCUT2D eigenvalue weighted by atomic mass is 16.5. The molecule has 0 saturated heterocycles. The molecule has 1 N–H and O–H groups in total. The first-order chi connectivity index (χ1) is 6.26. The van der Waals surface area contributed by atoms with E-state index in [4.69, 9.17) is 9.47 Å². The first-order valence-electron chi connectivity index (χ1n) is 4.21. The maximum absolute atomic E-state index is 9.29. The standard InChI is InChI=1S/C10H14O3/c1-3-13-7-8-4-9(11)6-10(5-8)12-2/h4-6,11H,3,7H2,1-2H3. The van der Waals surface area contributed by atoms with E-state index in [0.29, 0.717) is 19.0 Å². The van der Waals surface area contributed by atoms with Gasteiger partial charge in [-0.05, 0) is 24.6 Å². The van der Waals surface area contributed by atoms with Crippen molar-refractivity contribution in [2.45, 2.75) is 13.5 Å². The minimum atomic E-state index is 0.203. The van der Waals surface area contributed by atoms with Gasteiger partial charge in [-0.15, -0.1) is 0 Å².